The molecule has 2 aromatic rings. The number of anilines is 1. The van der Waals surface area contributed by atoms with Gasteiger partial charge >= 0.3 is 0 Å². The Morgan fingerprint density at radius 3 is 2.33 bits per heavy atom. The van der Waals surface area contributed by atoms with E-state index in [-0.39, 0.29) is 29.9 Å². The van der Waals surface area contributed by atoms with Crippen LogP contribution < -0.4 is 16.0 Å². The highest BCUT2D eigenvalue weighted by atomic mass is 16.2. The monoisotopic (exact) mass is 490 g/mol. The van der Waals surface area contributed by atoms with Crippen LogP contribution in [0.4, 0.5) is 5.69 Å². The first-order valence-electron chi connectivity index (χ1n) is 12.9. The minimum Gasteiger partial charge on any atom is -0.380 e. The van der Waals surface area contributed by atoms with Gasteiger partial charge in [-0.1, -0.05) is 62.9 Å². The van der Waals surface area contributed by atoms with Gasteiger partial charge in [0.25, 0.3) is 11.8 Å². The second-order valence-corrected chi connectivity index (χ2v) is 9.44. The lowest BCUT2D eigenvalue weighted by Crippen LogP contribution is -2.54. The standard InChI is InChI=1S/C28H34N4O4/c1-2-3-4-5-6-16-29-17-19-10-12-20(13-11-19)18-30-22-9-7-8-21-25(22)28(36)32(27(21)35)23-14-15-24(33)31-26(23)34/h7-13,23,29-30H,2-6,14-18H2,1H3,(H,31,33,34)/t23-/m1/s1. The van der Waals surface area contributed by atoms with Crippen LogP contribution in [0.1, 0.15) is 83.7 Å². The van der Waals surface area contributed by atoms with Gasteiger partial charge in [0.2, 0.25) is 11.8 Å². The average Bonchev–Trinajstić information content (AvgIpc) is 3.13. The number of nitrogens with one attached hydrogen (secondary N) is 3. The molecule has 2 aromatic carbocycles. The van der Waals surface area contributed by atoms with Crippen molar-refractivity contribution in [1.29, 1.82) is 0 Å². The zero-order valence-electron chi connectivity index (χ0n) is 20.8. The van der Waals surface area contributed by atoms with Gasteiger partial charge in [-0.15, -0.1) is 0 Å². The molecule has 4 amide bonds. The second kappa shape index (κ2) is 11.9. The maximum atomic E-state index is 13.2. The highest BCUT2D eigenvalue weighted by Gasteiger charge is 2.45. The van der Waals surface area contributed by atoms with E-state index in [4.69, 9.17) is 0 Å². The summed E-state index contributed by atoms with van der Waals surface area (Å²) in [5.41, 5.74) is 3.36. The van der Waals surface area contributed by atoms with Gasteiger partial charge in [0.05, 0.1) is 11.1 Å². The highest BCUT2D eigenvalue weighted by Crippen LogP contribution is 2.32. The van der Waals surface area contributed by atoms with Crippen LogP contribution in [-0.2, 0) is 22.7 Å². The van der Waals surface area contributed by atoms with Crippen LogP contribution in [0, 0.1) is 0 Å². The van der Waals surface area contributed by atoms with E-state index in [1.165, 1.54) is 37.7 Å². The Bertz CT molecular complexity index is 1130. The first-order valence-corrected chi connectivity index (χ1v) is 12.9. The van der Waals surface area contributed by atoms with Gasteiger partial charge in [-0.05, 0) is 42.6 Å². The third-order valence-corrected chi connectivity index (χ3v) is 6.76. The quantitative estimate of drug-likeness (QED) is 0.309. The Hall–Kier alpha value is -3.52. The number of unbranched alkanes of at least 4 members (excludes halogenated alkanes) is 4. The summed E-state index contributed by atoms with van der Waals surface area (Å²) in [5.74, 6) is -2.01. The highest BCUT2D eigenvalue weighted by molar-refractivity contribution is 6.25. The molecule has 1 fully saturated rings. The number of rotatable bonds is 12. The summed E-state index contributed by atoms with van der Waals surface area (Å²) in [6.07, 6.45) is 6.58. The molecular weight excluding hydrogens is 456 g/mol. The van der Waals surface area contributed by atoms with Gasteiger partial charge in [0.1, 0.15) is 6.04 Å². The zero-order valence-corrected chi connectivity index (χ0v) is 20.8. The SMILES string of the molecule is CCCCCCCNCc1ccc(CNc2cccc3c2C(=O)N([C@@H]2CCC(=O)NC2=O)C3=O)cc1. The van der Waals surface area contributed by atoms with Crippen LogP contribution in [-0.4, -0.2) is 41.1 Å². The van der Waals surface area contributed by atoms with E-state index in [1.807, 2.05) is 0 Å². The topological polar surface area (TPSA) is 108 Å². The van der Waals surface area contributed by atoms with Crippen LogP contribution in [0.15, 0.2) is 42.5 Å². The van der Waals surface area contributed by atoms with E-state index in [2.05, 4.69) is 47.1 Å². The molecule has 8 nitrogen and oxygen atoms in total. The average molecular weight is 491 g/mol. The Labute approximate surface area is 211 Å². The molecule has 4 rings (SSSR count). The molecule has 1 saturated heterocycles. The molecule has 2 heterocycles. The number of hydrogen-bond donors (Lipinski definition) is 3. The lowest BCUT2D eigenvalue weighted by Gasteiger charge is -2.27. The van der Waals surface area contributed by atoms with Crippen molar-refractivity contribution in [3.8, 4) is 0 Å². The van der Waals surface area contributed by atoms with Crippen LogP contribution in [0.3, 0.4) is 0 Å². The molecule has 0 aliphatic carbocycles. The van der Waals surface area contributed by atoms with Crippen molar-refractivity contribution < 1.29 is 19.2 Å². The molecule has 0 spiro atoms. The third-order valence-electron chi connectivity index (χ3n) is 6.76. The molecule has 0 saturated carbocycles. The number of amides is 4. The number of imide groups is 2. The van der Waals surface area contributed by atoms with Crippen molar-refractivity contribution in [3.63, 3.8) is 0 Å². The van der Waals surface area contributed by atoms with Gasteiger partial charge in [-0.25, -0.2) is 0 Å². The number of hydrogen-bond acceptors (Lipinski definition) is 6. The summed E-state index contributed by atoms with van der Waals surface area (Å²) in [4.78, 5) is 51.0. The van der Waals surface area contributed by atoms with E-state index < -0.39 is 23.8 Å². The fourth-order valence-corrected chi connectivity index (χ4v) is 4.72. The molecule has 0 bridgehead atoms. The van der Waals surface area contributed by atoms with Crippen LogP contribution in [0.2, 0.25) is 0 Å². The van der Waals surface area contributed by atoms with E-state index in [0.29, 0.717) is 12.2 Å². The molecule has 0 aromatic heterocycles. The lowest BCUT2D eigenvalue weighted by molar-refractivity contribution is -0.136. The number of fused-ring (bicyclic) bond motifs is 1. The van der Waals surface area contributed by atoms with E-state index in [1.54, 1.807) is 18.2 Å². The fraction of sp³-hybridized carbons (Fsp3) is 0.429. The van der Waals surface area contributed by atoms with Crippen molar-refractivity contribution in [2.75, 3.05) is 11.9 Å². The van der Waals surface area contributed by atoms with Gasteiger partial charge in [0, 0.05) is 25.2 Å². The van der Waals surface area contributed by atoms with E-state index in [0.717, 1.165) is 23.6 Å². The first kappa shape index (κ1) is 25.6. The van der Waals surface area contributed by atoms with Crippen molar-refractivity contribution in [2.24, 2.45) is 0 Å². The third kappa shape index (κ3) is 5.82. The molecule has 0 unspecified atom stereocenters. The molecule has 8 heteroatoms. The van der Waals surface area contributed by atoms with Crippen molar-refractivity contribution in [2.45, 2.75) is 71.0 Å². The van der Waals surface area contributed by atoms with Gasteiger partial charge in [0.15, 0.2) is 0 Å². The molecule has 1 atom stereocenters. The van der Waals surface area contributed by atoms with Gasteiger partial charge in [-0.3, -0.25) is 29.4 Å². The molecule has 2 aliphatic rings. The maximum absolute atomic E-state index is 13.2. The number of carbonyl (C=O) groups excluding carboxylic acids is 4. The predicted molar refractivity (Wildman–Crippen MR) is 137 cm³/mol. The smallest absolute Gasteiger partial charge is 0.264 e. The maximum Gasteiger partial charge on any atom is 0.264 e. The van der Waals surface area contributed by atoms with Crippen LogP contribution in [0.5, 0.6) is 0 Å². The van der Waals surface area contributed by atoms with Gasteiger partial charge in [-0.2, -0.15) is 0 Å². The number of piperidine rings is 1. The molecular formula is C28H34N4O4. The van der Waals surface area contributed by atoms with Crippen molar-refractivity contribution in [1.82, 2.24) is 15.5 Å². The summed E-state index contributed by atoms with van der Waals surface area (Å²) < 4.78 is 0. The molecule has 2 aliphatic heterocycles. The van der Waals surface area contributed by atoms with Crippen molar-refractivity contribution >= 4 is 29.3 Å². The summed E-state index contributed by atoms with van der Waals surface area (Å²) >= 11 is 0. The molecule has 0 radical (unpaired) electrons. The molecule has 190 valence electrons. The molecule has 3 N–H and O–H groups in total. The predicted octanol–water partition coefficient (Wildman–Crippen LogP) is 3.76. The van der Waals surface area contributed by atoms with Gasteiger partial charge < -0.3 is 10.6 Å². The lowest BCUT2D eigenvalue weighted by atomic mass is 10.0. The number of nitrogens with zero attached hydrogens (tertiary/aromatic N) is 1. The van der Waals surface area contributed by atoms with Crippen LogP contribution in [0.25, 0.3) is 0 Å². The first-order chi connectivity index (χ1) is 17.5. The normalized spacial score (nSPS) is 17.4. The van der Waals surface area contributed by atoms with Crippen molar-refractivity contribution in [3.05, 3.63) is 64.7 Å². The number of benzene rings is 2. The zero-order chi connectivity index (χ0) is 25.5. The summed E-state index contributed by atoms with van der Waals surface area (Å²) in [6, 6.07) is 12.4. The Kier molecular flexibility index (Phi) is 8.48. The minimum absolute atomic E-state index is 0.0966. The Morgan fingerprint density at radius 1 is 0.889 bits per heavy atom. The van der Waals surface area contributed by atoms with Crippen LogP contribution >= 0.6 is 0 Å². The molecule has 36 heavy (non-hydrogen) atoms. The Morgan fingerprint density at radius 2 is 1.61 bits per heavy atom. The number of carbonyl (C=O) groups is 4. The van der Waals surface area contributed by atoms with E-state index in [9.17, 15) is 19.2 Å². The largest absolute Gasteiger partial charge is 0.380 e. The van der Waals surface area contributed by atoms with E-state index >= 15 is 0 Å². The Balaban J connectivity index is 1.33. The fourth-order valence-electron chi connectivity index (χ4n) is 4.72. The summed E-state index contributed by atoms with van der Waals surface area (Å²) in [7, 11) is 0. The second-order valence-electron chi connectivity index (χ2n) is 9.44. The summed E-state index contributed by atoms with van der Waals surface area (Å²) in [6.45, 7) is 4.57. The minimum atomic E-state index is -0.972. The summed E-state index contributed by atoms with van der Waals surface area (Å²) in [5, 5.41) is 9.00.